The summed E-state index contributed by atoms with van der Waals surface area (Å²) < 4.78 is 0. The number of rotatable bonds is 3. The van der Waals surface area contributed by atoms with Crippen molar-refractivity contribution in [3.63, 3.8) is 0 Å². The van der Waals surface area contributed by atoms with E-state index in [9.17, 15) is 0 Å². The van der Waals surface area contributed by atoms with Gasteiger partial charge in [0.25, 0.3) is 0 Å². The number of hydrogen-bond acceptors (Lipinski definition) is 4. The molecule has 2 aromatic heterocycles. The molecule has 0 saturated carbocycles. The highest BCUT2D eigenvalue weighted by atomic mass is 35.5. The number of anilines is 2. The number of aryl methyl sites for hydroxylation is 1. The Bertz CT molecular complexity index is 752. The number of aromatic nitrogens is 3. The fourth-order valence-electron chi connectivity index (χ4n) is 2.04. The van der Waals surface area contributed by atoms with E-state index in [2.05, 4.69) is 20.3 Å². The highest BCUT2D eigenvalue weighted by Gasteiger charge is 2.05. The van der Waals surface area contributed by atoms with E-state index in [4.69, 9.17) is 11.6 Å². The average molecular weight is 285 g/mol. The summed E-state index contributed by atoms with van der Waals surface area (Å²) in [4.78, 5) is 12.9. The van der Waals surface area contributed by atoms with Gasteiger partial charge in [0.05, 0.1) is 5.52 Å². The Morgan fingerprint density at radius 2 is 2.05 bits per heavy atom. The van der Waals surface area contributed by atoms with Crippen LogP contribution in [-0.4, -0.2) is 15.0 Å². The molecule has 1 N–H and O–H groups in total. The second kappa shape index (κ2) is 5.43. The third-order valence-corrected chi connectivity index (χ3v) is 3.16. The summed E-state index contributed by atoms with van der Waals surface area (Å²) in [7, 11) is 0. The maximum Gasteiger partial charge on any atom is 0.135 e. The Balaban J connectivity index is 2.03. The Morgan fingerprint density at radius 3 is 2.90 bits per heavy atom. The molecular weight excluding hydrogens is 272 g/mol. The van der Waals surface area contributed by atoms with Crippen molar-refractivity contribution in [2.45, 2.75) is 13.3 Å². The summed E-state index contributed by atoms with van der Waals surface area (Å²) in [5.41, 5.74) is 1.89. The zero-order chi connectivity index (χ0) is 13.9. The van der Waals surface area contributed by atoms with Gasteiger partial charge in [-0.1, -0.05) is 24.6 Å². The zero-order valence-electron chi connectivity index (χ0n) is 11.0. The third-order valence-electron chi connectivity index (χ3n) is 2.97. The lowest BCUT2D eigenvalue weighted by Gasteiger charge is -2.09. The minimum atomic E-state index is 0.442. The maximum atomic E-state index is 6.01. The van der Waals surface area contributed by atoms with Crippen molar-refractivity contribution in [1.29, 1.82) is 0 Å². The molecule has 0 aliphatic carbocycles. The van der Waals surface area contributed by atoms with Crippen molar-refractivity contribution in [3.05, 3.63) is 53.6 Å². The van der Waals surface area contributed by atoms with Gasteiger partial charge in [-0.25, -0.2) is 9.97 Å². The number of pyridine rings is 1. The maximum absolute atomic E-state index is 6.01. The van der Waals surface area contributed by atoms with Crippen molar-refractivity contribution in [1.82, 2.24) is 15.0 Å². The van der Waals surface area contributed by atoms with E-state index in [1.165, 1.54) is 0 Å². The van der Waals surface area contributed by atoms with Gasteiger partial charge in [0.15, 0.2) is 0 Å². The predicted octanol–water partition coefficient (Wildman–Crippen LogP) is 3.98. The molecule has 1 aromatic carbocycles. The Kier molecular flexibility index (Phi) is 3.48. The molecule has 0 unspecified atom stereocenters. The second-order valence-electron chi connectivity index (χ2n) is 4.35. The van der Waals surface area contributed by atoms with Gasteiger partial charge in [-0.2, -0.15) is 0 Å². The van der Waals surface area contributed by atoms with Crippen LogP contribution in [0.15, 0.2) is 42.6 Å². The van der Waals surface area contributed by atoms with E-state index in [1.807, 2.05) is 37.3 Å². The van der Waals surface area contributed by atoms with Crippen LogP contribution in [0, 0.1) is 0 Å². The van der Waals surface area contributed by atoms with E-state index in [0.29, 0.717) is 11.0 Å². The summed E-state index contributed by atoms with van der Waals surface area (Å²) in [6.07, 6.45) is 2.52. The molecule has 2 heterocycles. The first-order valence-corrected chi connectivity index (χ1v) is 6.78. The van der Waals surface area contributed by atoms with Crippen LogP contribution in [0.2, 0.25) is 5.15 Å². The molecule has 0 amide bonds. The van der Waals surface area contributed by atoms with Crippen LogP contribution in [0.1, 0.15) is 12.7 Å². The monoisotopic (exact) mass is 284 g/mol. The Labute approximate surface area is 121 Å². The molecule has 4 nitrogen and oxygen atoms in total. The van der Waals surface area contributed by atoms with Crippen molar-refractivity contribution in [3.8, 4) is 0 Å². The Hall–Kier alpha value is -2.20. The van der Waals surface area contributed by atoms with Gasteiger partial charge in [0.2, 0.25) is 0 Å². The zero-order valence-corrected chi connectivity index (χ0v) is 11.7. The van der Waals surface area contributed by atoms with E-state index < -0.39 is 0 Å². The van der Waals surface area contributed by atoms with Crippen LogP contribution in [0.3, 0.4) is 0 Å². The third kappa shape index (κ3) is 2.56. The minimum absolute atomic E-state index is 0.442. The summed E-state index contributed by atoms with van der Waals surface area (Å²) >= 11 is 6.01. The van der Waals surface area contributed by atoms with Crippen LogP contribution in [-0.2, 0) is 6.42 Å². The molecule has 0 aliphatic heterocycles. The Morgan fingerprint density at radius 1 is 1.15 bits per heavy atom. The molecule has 100 valence electrons. The topological polar surface area (TPSA) is 50.7 Å². The van der Waals surface area contributed by atoms with E-state index in [1.54, 1.807) is 12.3 Å². The fourth-order valence-corrected chi connectivity index (χ4v) is 2.24. The van der Waals surface area contributed by atoms with Crippen molar-refractivity contribution in [2.24, 2.45) is 0 Å². The molecule has 20 heavy (non-hydrogen) atoms. The summed E-state index contributed by atoms with van der Waals surface area (Å²) in [6.45, 7) is 2.00. The molecule has 3 aromatic rings. The van der Waals surface area contributed by atoms with E-state index in [-0.39, 0.29) is 0 Å². The smallest absolute Gasteiger partial charge is 0.135 e. The number of benzene rings is 1. The average Bonchev–Trinajstić information content (AvgIpc) is 2.47. The molecule has 5 heteroatoms. The lowest BCUT2D eigenvalue weighted by atomic mass is 10.2. The number of hydrogen-bond donors (Lipinski definition) is 1. The van der Waals surface area contributed by atoms with Crippen LogP contribution in [0.4, 0.5) is 11.5 Å². The molecule has 0 radical (unpaired) electrons. The van der Waals surface area contributed by atoms with Gasteiger partial charge < -0.3 is 5.32 Å². The second-order valence-corrected chi connectivity index (χ2v) is 4.73. The van der Waals surface area contributed by atoms with Crippen LogP contribution in [0.25, 0.3) is 10.9 Å². The first-order chi connectivity index (χ1) is 9.76. The quantitative estimate of drug-likeness (QED) is 0.739. The molecular formula is C15H13ClN4. The highest BCUT2D eigenvalue weighted by Crippen LogP contribution is 2.25. The van der Waals surface area contributed by atoms with Crippen LogP contribution < -0.4 is 5.32 Å². The molecule has 3 rings (SSSR count). The van der Waals surface area contributed by atoms with Gasteiger partial charge in [-0.15, -0.1) is 0 Å². The number of halogens is 1. The van der Waals surface area contributed by atoms with E-state index in [0.717, 1.165) is 28.8 Å². The molecule has 0 bridgehead atoms. The lowest BCUT2D eigenvalue weighted by Crippen LogP contribution is -2.00. The van der Waals surface area contributed by atoms with Gasteiger partial charge in [-0.3, -0.25) is 4.98 Å². The fraction of sp³-hybridized carbons (Fsp3) is 0.133. The molecule has 0 atom stereocenters. The predicted molar refractivity (Wildman–Crippen MR) is 81.4 cm³/mol. The van der Waals surface area contributed by atoms with E-state index >= 15 is 0 Å². The highest BCUT2D eigenvalue weighted by molar-refractivity contribution is 6.29. The summed E-state index contributed by atoms with van der Waals surface area (Å²) in [5.74, 6) is 1.41. The normalized spacial score (nSPS) is 10.7. The molecule has 0 fully saturated rings. The van der Waals surface area contributed by atoms with Crippen molar-refractivity contribution < 1.29 is 0 Å². The summed E-state index contributed by atoms with van der Waals surface area (Å²) in [6, 6.07) is 11.6. The molecule has 0 aliphatic rings. The lowest BCUT2D eigenvalue weighted by molar-refractivity contribution is 0.943. The number of nitrogens with one attached hydrogen (secondary N) is 1. The standard InChI is InChI=1S/C15H13ClN4/c1-2-14-19-13(16)9-15(20-14)18-12-7-3-6-11-10(12)5-4-8-17-11/h3-9H,2H2,1H3,(H,18,19,20). The van der Waals surface area contributed by atoms with Gasteiger partial charge in [0.1, 0.15) is 16.8 Å². The largest absolute Gasteiger partial charge is 0.340 e. The SMILES string of the molecule is CCc1nc(Cl)cc(Nc2cccc3ncccc23)n1. The summed E-state index contributed by atoms with van der Waals surface area (Å²) in [5, 5.41) is 4.77. The van der Waals surface area contributed by atoms with Crippen LogP contribution in [0.5, 0.6) is 0 Å². The first-order valence-electron chi connectivity index (χ1n) is 6.40. The van der Waals surface area contributed by atoms with Gasteiger partial charge in [0, 0.05) is 29.8 Å². The van der Waals surface area contributed by atoms with Crippen LogP contribution >= 0.6 is 11.6 Å². The number of nitrogens with zero attached hydrogens (tertiary/aromatic N) is 3. The van der Waals surface area contributed by atoms with Gasteiger partial charge >= 0.3 is 0 Å². The molecule has 0 saturated heterocycles. The van der Waals surface area contributed by atoms with Crippen molar-refractivity contribution in [2.75, 3.05) is 5.32 Å². The number of fused-ring (bicyclic) bond motifs is 1. The first kappa shape index (κ1) is 12.8. The molecule has 0 spiro atoms. The minimum Gasteiger partial charge on any atom is -0.340 e. The van der Waals surface area contributed by atoms with Gasteiger partial charge in [-0.05, 0) is 24.3 Å². The van der Waals surface area contributed by atoms with Crippen molar-refractivity contribution >= 4 is 34.0 Å².